The first-order valence-electron chi connectivity index (χ1n) is 6.43. The molecule has 0 unspecified atom stereocenters. The van der Waals surface area contributed by atoms with Crippen molar-refractivity contribution in [3.63, 3.8) is 0 Å². The number of pyridine rings is 1. The number of anilines is 3. The van der Waals surface area contributed by atoms with Gasteiger partial charge in [0.05, 0.1) is 5.69 Å². The monoisotopic (exact) mass is 278 g/mol. The number of hydrogen-bond acceptors (Lipinski definition) is 4. The van der Waals surface area contributed by atoms with Crippen LogP contribution in [-0.4, -0.2) is 10.9 Å². The zero-order valence-corrected chi connectivity index (χ0v) is 11.2. The van der Waals surface area contributed by atoms with Gasteiger partial charge in [0.2, 0.25) is 0 Å². The van der Waals surface area contributed by atoms with Gasteiger partial charge >= 0.3 is 0 Å². The van der Waals surface area contributed by atoms with E-state index in [1.807, 2.05) is 24.3 Å². The number of nitrogens with zero attached hydrogens (tertiary/aromatic N) is 1. The Morgan fingerprint density at radius 2 is 1.81 bits per heavy atom. The summed E-state index contributed by atoms with van der Waals surface area (Å²) in [6.07, 6.45) is 3.44. The van der Waals surface area contributed by atoms with Crippen molar-refractivity contribution in [3.8, 4) is 0 Å². The minimum atomic E-state index is -0.259. The van der Waals surface area contributed by atoms with Gasteiger partial charge in [-0.1, -0.05) is 12.1 Å². The van der Waals surface area contributed by atoms with Crippen LogP contribution in [0.5, 0.6) is 0 Å². The molecule has 1 aromatic heterocycles. The average molecular weight is 278 g/mol. The van der Waals surface area contributed by atoms with Crippen LogP contribution in [0.15, 0.2) is 54.9 Å². The summed E-state index contributed by atoms with van der Waals surface area (Å²) < 4.78 is 0. The number of carbonyl (C=O) groups is 1. The minimum Gasteiger partial charge on any atom is -0.399 e. The molecule has 5 N–H and O–H groups in total. The van der Waals surface area contributed by atoms with Crippen LogP contribution in [0.25, 0.3) is 10.8 Å². The van der Waals surface area contributed by atoms with E-state index < -0.39 is 0 Å². The van der Waals surface area contributed by atoms with Gasteiger partial charge in [-0.25, -0.2) is 0 Å². The Morgan fingerprint density at radius 3 is 2.57 bits per heavy atom. The second kappa shape index (κ2) is 5.13. The molecule has 104 valence electrons. The Bertz CT molecular complexity index is 804. The number of carbonyl (C=O) groups excluding carboxylic acids is 1. The zero-order valence-electron chi connectivity index (χ0n) is 11.2. The molecule has 2 aromatic carbocycles. The molecule has 0 bridgehead atoms. The van der Waals surface area contributed by atoms with Crippen LogP contribution in [0.1, 0.15) is 10.4 Å². The van der Waals surface area contributed by atoms with Gasteiger partial charge in [-0.15, -0.1) is 0 Å². The summed E-state index contributed by atoms with van der Waals surface area (Å²) in [4.78, 5) is 16.4. The molecule has 0 saturated heterocycles. The van der Waals surface area contributed by atoms with Gasteiger partial charge < -0.3 is 16.8 Å². The molecule has 1 heterocycles. The van der Waals surface area contributed by atoms with Crippen molar-refractivity contribution in [2.24, 2.45) is 0 Å². The fourth-order valence-electron chi connectivity index (χ4n) is 2.22. The van der Waals surface area contributed by atoms with Crippen LogP contribution in [0.2, 0.25) is 0 Å². The molecule has 0 saturated carbocycles. The molecule has 0 atom stereocenters. The van der Waals surface area contributed by atoms with Gasteiger partial charge in [0.15, 0.2) is 0 Å². The second-order valence-corrected chi connectivity index (χ2v) is 4.74. The first kappa shape index (κ1) is 12.9. The normalized spacial score (nSPS) is 10.5. The van der Waals surface area contributed by atoms with Gasteiger partial charge in [0.25, 0.3) is 5.91 Å². The molecule has 0 aliphatic carbocycles. The minimum absolute atomic E-state index is 0.259. The smallest absolute Gasteiger partial charge is 0.255 e. The summed E-state index contributed by atoms with van der Waals surface area (Å²) in [5.74, 6) is -0.259. The maximum absolute atomic E-state index is 12.3. The van der Waals surface area contributed by atoms with Crippen LogP contribution < -0.4 is 16.8 Å². The molecule has 5 nitrogen and oxygen atoms in total. The maximum atomic E-state index is 12.3. The lowest BCUT2D eigenvalue weighted by atomic mass is 10.1. The van der Waals surface area contributed by atoms with Crippen molar-refractivity contribution in [1.82, 2.24) is 4.98 Å². The molecule has 3 aromatic rings. The Labute approximate surface area is 121 Å². The van der Waals surface area contributed by atoms with Crippen LogP contribution in [0.3, 0.4) is 0 Å². The summed E-state index contributed by atoms with van der Waals surface area (Å²) in [6, 6.07) is 12.4. The lowest BCUT2D eigenvalue weighted by Crippen LogP contribution is -2.13. The lowest BCUT2D eigenvalue weighted by Gasteiger charge is -2.09. The van der Waals surface area contributed by atoms with Crippen LogP contribution in [-0.2, 0) is 0 Å². The first-order chi connectivity index (χ1) is 10.1. The molecule has 0 fully saturated rings. The van der Waals surface area contributed by atoms with Gasteiger partial charge in [-0.2, -0.15) is 0 Å². The van der Waals surface area contributed by atoms with Crippen molar-refractivity contribution >= 4 is 33.7 Å². The summed E-state index contributed by atoms with van der Waals surface area (Å²) in [5.41, 5.74) is 13.5. The van der Waals surface area contributed by atoms with Crippen molar-refractivity contribution < 1.29 is 4.79 Å². The molecule has 0 aliphatic rings. The number of rotatable bonds is 2. The van der Waals surface area contributed by atoms with E-state index in [1.54, 1.807) is 30.6 Å². The van der Waals surface area contributed by atoms with Gasteiger partial charge in [-0.3, -0.25) is 9.78 Å². The van der Waals surface area contributed by atoms with Crippen molar-refractivity contribution in [3.05, 3.63) is 60.4 Å². The highest BCUT2D eigenvalue weighted by Gasteiger charge is 2.09. The summed E-state index contributed by atoms with van der Waals surface area (Å²) in [7, 11) is 0. The molecule has 1 amide bonds. The molecular weight excluding hydrogens is 264 g/mol. The fraction of sp³-hybridized carbons (Fsp3) is 0. The molecule has 0 radical (unpaired) electrons. The molecule has 5 heteroatoms. The quantitative estimate of drug-likeness (QED) is 0.628. The molecule has 0 spiro atoms. The zero-order chi connectivity index (χ0) is 14.8. The summed E-state index contributed by atoms with van der Waals surface area (Å²) in [6.45, 7) is 0. The molecule has 0 aliphatic heterocycles. The fourth-order valence-corrected chi connectivity index (χ4v) is 2.22. The van der Waals surface area contributed by atoms with Crippen LogP contribution >= 0.6 is 0 Å². The number of fused-ring (bicyclic) bond motifs is 1. The second-order valence-electron chi connectivity index (χ2n) is 4.74. The lowest BCUT2D eigenvalue weighted by molar-refractivity contribution is 0.102. The number of nitrogen functional groups attached to an aromatic ring is 2. The largest absolute Gasteiger partial charge is 0.399 e. The third-order valence-corrected chi connectivity index (χ3v) is 3.17. The Kier molecular flexibility index (Phi) is 3.16. The predicted molar refractivity (Wildman–Crippen MR) is 85.0 cm³/mol. The molecule has 3 rings (SSSR count). The number of benzene rings is 2. The molecular formula is C16H14N4O. The van der Waals surface area contributed by atoms with E-state index in [0.29, 0.717) is 22.6 Å². The number of aromatic nitrogens is 1. The topological polar surface area (TPSA) is 94.0 Å². The summed E-state index contributed by atoms with van der Waals surface area (Å²) in [5, 5.41) is 4.75. The number of hydrogen-bond donors (Lipinski definition) is 3. The van der Waals surface area contributed by atoms with E-state index in [-0.39, 0.29) is 5.91 Å². The Balaban J connectivity index is 1.96. The SMILES string of the molecule is Nc1cc(N)cc(C(=O)Nc2cccc3ccncc23)c1. The standard InChI is InChI=1S/C16H14N4O/c17-12-6-11(7-13(18)8-12)16(21)20-15-3-1-2-10-4-5-19-9-14(10)15/h1-9H,17-18H2,(H,20,21). The van der Waals surface area contributed by atoms with Gasteiger partial charge in [-0.05, 0) is 35.7 Å². The van der Waals surface area contributed by atoms with Crippen LogP contribution in [0.4, 0.5) is 17.1 Å². The Hall–Kier alpha value is -3.08. The van der Waals surface area contributed by atoms with E-state index >= 15 is 0 Å². The van der Waals surface area contributed by atoms with E-state index in [1.165, 1.54) is 0 Å². The predicted octanol–water partition coefficient (Wildman–Crippen LogP) is 2.65. The highest BCUT2D eigenvalue weighted by Crippen LogP contribution is 2.23. The van der Waals surface area contributed by atoms with Gasteiger partial charge in [0.1, 0.15) is 0 Å². The number of amides is 1. The third-order valence-electron chi connectivity index (χ3n) is 3.17. The Morgan fingerprint density at radius 1 is 1.05 bits per heavy atom. The van der Waals surface area contributed by atoms with E-state index in [4.69, 9.17) is 11.5 Å². The highest BCUT2D eigenvalue weighted by molar-refractivity contribution is 6.09. The number of nitrogens with two attached hydrogens (primary N) is 2. The van der Waals surface area contributed by atoms with Crippen LogP contribution in [0, 0.1) is 0 Å². The third kappa shape index (κ3) is 2.62. The van der Waals surface area contributed by atoms with Crippen molar-refractivity contribution in [2.45, 2.75) is 0 Å². The van der Waals surface area contributed by atoms with Crippen molar-refractivity contribution in [2.75, 3.05) is 16.8 Å². The van der Waals surface area contributed by atoms with Crippen molar-refractivity contribution in [1.29, 1.82) is 0 Å². The van der Waals surface area contributed by atoms with E-state index in [0.717, 1.165) is 10.8 Å². The van der Waals surface area contributed by atoms with Gasteiger partial charge in [0, 0.05) is 34.7 Å². The average Bonchev–Trinajstić information content (AvgIpc) is 2.46. The maximum Gasteiger partial charge on any atom is 0.255 e. The summed E-state index contributed by atoms with van der Waals surface area (Å²) >= 11 is 0. The van der Waals surface area contributed by atoms with E-state index in [2.05, 4.69) is 10.3 Å². The highest BCUT2D eigenvalue weighted by atomic mass is 16.1. The van der Waals surface area contributed by atoms with E-state index in [9.17, 15) is 4.79 Å². The number of nitrogens with one attached hydrogen (secondary N) is 1. The molecule has 21 heavy (non-hydrogen) atoms. The first-order valence-corrected chi connectivity index (χ1v) is 6.43.